The van der Waals surface area contributed by atoms with Gasteiger partial charge in [0.05, 0.1) is 5.92 Å². The molecule has 4 atom stereocenters. The molecule has 0 bridgehead atoms. The molecule has 2 fully saturated rings. The van der Waals surface area contributed by atoms with Gasteiger partial charge in [0.2, 0.25) is 17.5 Å². The van der Waals surface area contributed by atoms with Gasteiger partial charge in [0.25, 0.3) is 11.8 Å². The second kappa shape index (κ2) is 9.30. The second-order valence-corrected chi connectivity index (χ2v) is 11.6. The Morgan fingerprint density at radius 2 is 1.93 bits per heavy atom. The first-order chi connectivity index (χ1) is 19.2. The summed E-state index contributed by atoms with van der Waals surface area (Å²) in [6, 6.07) is 4.66. The van der Waals surface area contributed by atoms with Crippen LogP contribution in [-0.2, 0) is 31.7 Å². The number of carbonyl (C=O) groups excluding carboxylic acids is 3. The van der Waals surface area contributed by atoms with Crippen LogP contribution >= 0.6 is 0 Å². The minimum Gasteiger partial charge on any atom is -0.351 e. The van der Waals surface area contributed by atoms with Crippen molar-refractivity contribution in [2.45, 2.75) is 57.0 Å². The summed E-state index contributed by atoms with van der Waals surface area (Å²) in [5.74, 6) is -4.50. The number of aromatic amines is 1. The Kier molecular flexibility index (Phi) is 6.29. The summed E-state index contributed by atoms with van der Waals surface area (Å²) in [5, 5.41) is 14.0. The van der Waals surface area contributed by atoms with Crippen molar-refractivity contribution in [3.05, 3.63) is 41.1 Å². The van der Waals surface area contributed by atoms with Gasteiger partial charge in [-0.15, -0.1) is 0 Å². The molecule has 13 heteroatoms. The van der Waals surface area contributed by atoms with Crippen LogP contribution in [0.15, 0.2) is 24.3 Å². The molecule has 2 saturated heterocycles. The maximum atomic E-state index is 13.8. The zero-order valence-electron chi connectivity index (χ0n) is 23.0. The van der Waals surface area contributed by atoms with Crippen LogP contribution in [-0.4, -0.2) is 93.4 Å². The first-order valence-corrected chi connectivity index (χ1v) is 13.7. The molecule has 1 unspecified atom stereocenters. The minimum atomic E-state index is -4.53. The summed E-state index contributed by atoms with van der Waals surface area (Å²) in [4.78, 5) is 46.6. The van der Waals surface area contributed by atoms with Crippen LogP contribution in [0, 0.1) is 5.92 Å². The van der Waals surface area contributed by atoms with E-state index >= 15 is 0 Å². The number of aliphatic hydroxyl groups is 1. The number of rotatable bonds is 4. The number of alkyl halides is 3. The van der Waals surface area contributed by atoms with Crippen molar-refractivity contribution >= 4 is 34.2 Å². The molecule has 0 radical (unpaired) electrons. The Labute approximate surface area is 234 Å². The topological polar surface area (TPSA) is 118 Å². The number of nitrogens with one attached hydrogen (secondary N) is 2. The number of ether oxygens (including phenoxy) is 1. The van der Waals surface area contributed by atoms with E-state index in [-0.39, 0.29) is 30.5 Å². The summed E-state index contributed by atoms with van der Waals surface area (Å²) in [7, 11) is 1.75. The van der Waals surface area contributed by atoms with Crippen LogP contribution in [0.3, 0.4) is 0 Å². The number of nitrogens with zero attached hydrogens (tertiary/aromatic N) is 3. The molecule has 1 aliphatic carbocycles. The monoisotopic (exact) mass is 575 g/mol. The zero-order valence-corrected chi connectivity index (χ0v) is 23.0. The van der Waals surface area contributed by atoms with E-state index in [4.69, 9.17) is 4.74 Å². The highest BCUT2D eigenvalue weighted by molar-refractivity contribution is 6.01. The van der Waals surface area contributed by atoms with Crippen molar-refractivity contribution in [3.63, 3.8) is 0 Å². The van der Waals surface area contributed by atoms with Gasteiger partial charge in [-0.1, -0.05) is 18.2 Å². The average Bonchev–Trinajstić information content (AvgIpc) is 3.59. The number of hydrogen-bond donors (Lipinski definition) is 3. The first kappa shape index (κ1) is 27.7. The van der Waals surface area contributed by atoms with Crippen molar-refractivity contribution in [1.29, 1.82) is 0 Å². The van der Waals surface area contributed by atoms with Crippen LogP contribution in [0.4, 0.5) is 13.2 Å². The van der Waals surface area contributed by atoms with Crippen molar-refractivity contribution in [1.82, 2.24) is 25.0 Å². The van der Waals surface area contributed by atoms with E-state index in [9.17, 15) is 32.7 Å². The van der Waals surface area contributed by atoms with E-state index < -0.39 is 47.8 Å². The van der Waals surface area contributed by atoms with Crippen LogP contribution < -0.4 is 5.32 Å². The maximum absolute atomic E-state index is 13.8. The molecule has 4 heterocycles. The SMILES string of the molecule is CN1CC(C(=O)N[C@]2(C)O[C@](C)(O)N(CC(=O)N3CCCC3)C2=O)C=C2c3cccc4[nH]c(C(F)(F)F)c(c34)C[C@H]21. The van der Waals surface area contributed by atoms with Crippen LogP contribution in [0.5, 0.6) is 0 Å². The summed E-state index contributed by atoms with van der Waals surface area (Å²) in [6.07, 6.45) is -0.913. The lowest BCUT2D eigenvalue weighted by Crippen LogP contribution is -2.56. The summed E-state index contributed by atoms with van der Waals surface area (Å²) in [5.41, 5.74) is -0.735. The number of halogens is 3. The quantitative estimate of drug-likeness (QED) is 0.514. The molecule has 3 aliphatic heterocycles. The Balaban J connectivity index is 1.26. The standard InChI is InChI=1S/C28H32F3N5O5/c1-26(25(39)36(27(2,40)41-26)14-21(37)35-9-4-5-10-35)33-24(38)15-11-17-16-7-6-8-19-22(16)18(12-20(17)34(3)13-15)23(32-19)28(29,30)31/h6-8,11,15,20,32,40H,4-5,9-10,12-14H2,1-3H3,(H,33,38)/t15?,20-,26-,27+/m1/s1. The zero-order chi connectivity index (χ0) is 29.5. The smallest absolute Gasteiger partial charge is 0.351 e. The van der Waals surface area contributed by atoms with E-state index in [1.54, 1.807) is 36.2 Å². The maximum Gasteiger partial charge on any atom is 0.431 e. The predicted molar refractivity (Wildman–Crippen MR) is 141 cm³/mol. The molecule has 6 rings (SSSR count). The number of fused-ring (bicyclic) bond motifs is 2. The van der Waals surface area contributed by atoms with Crippen LogP contribution in [0.1, 0.15) is 43.5 Å². The van der Waals surface area contributed by atoms with Gasteiger partial charge in [0.15, 0.2) is 0 Å². The third-order valence-electron chi connectivity index (χ3n) is 8.68. The van der Waals surface area contributed by atoms with Gasteiger partial charge in [-0.25, -0.2) is 0 Å². The van der Waals surface area contributed by atoms with E-state index in [2.05, 4.69) is 10.3 Å². The van der Waals surface area contributed by atoms with E-state index in [0.29, 0.717) is 29.6 Å². The van der Waals surface area contributed by atoms with Crippen molar-refractivity contribution in [2.75, 3.05) is 33.2 Å². The molecule has 3 amide bonds. The van der Waals surface area contributed by atoms with Gasteiger partial charge in [0, 0.05) is 43.5 Å². The molecule has 4 aliphatic rings. The number of amides is 3. The lowest BCUT2D eigenvalue weighted by molar-refractivity contribution is -0.262. The number of H-pyrrole nitrogens is 1. The number of aromatic nitrogens is 1. The lowest BCUT2D eigenvalue weighted by Gasteiger charge is -2.40. The summed E-state index contributed by atoms with van der Waals surface area (Å²) >= 11 is 0. The van der Waals surface area contributed by atoms with Crippen molar-refractivity contribution in [3.8, 4) is 0 Å². The highest BCUT2D eigenvalue weighted by Gasteiger charge is 2.58. The number of benzene rings is 1. The first-order valence-electron chi connectivity index (χ1n) is 13.7. The molecular weight excluding hydrogens is 543 g/mol. The van der Waals surface area contributed by atoms with E-state index in [1.165, 1.54) is 13.8 Å². The third kappa shape index (κ3) is 4.50. The van der Waals surface area contributed by atoms with Crippen molar-refractivity contribution < 1.29 is 37.4 Å². The molecule has 1 aromatic carbocycles. The molecule has 220 valence electrons. The Hall–Kier alpha value is -3.42. The highest BCUT2D eigenvalue weighted by Crippen LogP contribution is 2.45. The fourth-order valence-corrected chi connectivity index (χ4v) is 6.70. The molecule has 2 aromatic rings. The third-order valence-corrected chi connectivity index (χ3v) is 8.68. The van der Waals surface area contributed by atoms with Gasteiger partial charge < -0.3 is 20.3 Å². The number of carbonyl (C=O) groups is 3. The Bertz CT molecular complexity index is 1480. The number of likely N-dealkylation sites (tertiary alicyclic amines) is 1. The normalized spacial score (nSPS) is 30.1. The van der Waals surface area contributed by atoms with Crippen LogP contribution in [0.25, 0.3) is 16.5 Å². The molecule has 1 aromatic heterocycles. The molecule has 10 nitrogen and oxygen atoms in total. The molecule has 41 heavy (non-hydrogen) atoms. The highest BCUT2D eigenvalue weighted by atomic mass is 19.4. The van der Waals surface area contributed by atoms with Gasteiger partial charge in [-0.3, -0.25) is 28.9 Å². The summed E-state index contributed by atoms with van der Waals surface area (Å²) in [6.45, 7) is 3.53. The van der Waals surface area contributed by atoms with Gasteiger partial charge in [0.1, 0.15) is 12.2 Å². The van der Waals surface area contributed by atoms with Gasteiger partial charge in [-0.2, -0.15) is 13.2 Å². The fraction of sp³-hybridized carbons (Fsp3) is 0.536. The van der Waals surface area contributed by atoms with Crippen molar-refractivity contribution in [2.24, 2.45) is 5.92 Å². The van der Waals surface area contributed by atoms with Gasteiger partial charge in [-0.05, 0) is 56.0 Å². The Morgan fingerprint density at radius 1 is 1.22 bits per heavy atom. The number of hydrogen-bond acceptors (Lipinski definition) is 6. The minimum absolute atomic E-state index is 0.130. The molecule has 0 saturated carbocycles. The second-order valence-electron chi connectivity index (χ2n) is 11.6. The van der Waals surface area contributed by atoms with E-state index in [0.717, 1.165) is 23.3 Å². The molecule has 3 N–H and O–H groups in total. The average molecular weight is 576 g/mol. The van der Waals surface area contributed by atoms with E-state index in [1.807, 2.05) is 4.90 Å². The number of likely N-dealkylation sites (N-methyl/N-ethyl adjacent to an activating group) is 1. The van der Waals surface area contributed by atoms with Crippen LogP contribution in [0.2, 0.25) is 0 Å². The largest absolute Gasteiger partial charge is 0.431 e. The summed E-state index contributed by atoms with van der Waals surface area (Å²) < 4.78 is 47.1. The Morgan fingerprint density at radius 3 is 2.61 bits per heavy atom. The molecular formula is C28H32F3N5O5. The van der Waals surface area contributed by atoms with Gasteiger partial charge >= 0.3 is 6.18 Å². The molecule has 0 spiro atoms. The predicted octanol–water partition coefficient (Wildman–Crippen LogP) is 2.04. The fourth-order valence-electron chi connectivity index (χ4n) is 6.70. The lowest BCUT2D eigenvalue weighted by atomic mass is 9.79.